The van der Waals surface area contributed by atoms with E-state index in [1.165, 1.54) is 16.2 Å². The summed E-state index contributed by atoms with van der Waals surface area (Å²) in [5, 5.41) is 2.88. The molecule has 2 aliphatic rings. The maximum absolute atomic E-state index is 12.1. The van der Waals surface area contributed by atoms with E-state index < -0.39 is 9.84 Å². The van der Waals surface area contributed by atoms with Crippen molar-refractivity contribution in [1.29, 1.82) is 0 Å². The van der Waals surface area contributed by atoms with Gasteiger partial charge in [-0.1, -0.05) is 18.2 Å². The quantitative estimate of drug-likeness (QED) is 0.730. The molecule has 1 atom stereocenters. The molecular weight excluding hydrogens is 326 g/mol. The van der Waals surface area contributed by atoms with Crippen molar-refractivity contribution < 1.29 is 18.1 Å². The van der Waals surface area contributed by atoms with Crippen molar-refractivity contribution in [3.63, 3.8) is 0 Å². The number of benzene rings is 1. The minimum absolute atomic E-state index is 0.0311. The van der Waals surface area contributed by atoms with Gasteiger partial charge in [-0.25, -0.2) is 8.42 Å². The molecule has 7 heteroatoms. The van der Waals surface area contributed by atoms with Crippen molar-refractivity contribution >= 4 is 21.4 Å². The average molecular weight is 352 g/mol. The van der Waals surface area contributed by atoms with Gasteiger partial charge in [0.15, 0.2) is 16.4 Å². The monoisotopic (exact) mass is 352 g/mol. The number of sulfone groups is 1. The van der Waals surface area contributed by atoms with E-state index in [1.54, 1.807) is 0 Å². The molecular formula is C17H26N3O3S+. The van der Waals surface area contributed by atoms with Crippen LogP contribution in [0.5, 0.6) is 0 Å². The molecule has 1 aromatic rings. The second-order valence-corrected chi connectivity index (χ2v) is 9.10. The molecule has 0 saturated carbocycles. The molecule has 2 aliphatic heterocycles. The number of quaternary nitrogens is 1. The van der Waals surface area contributed by atoms with Crippen LogP contribution in [0, 0.1) is 6.92 Å². The lowest BCUT2D eigenvalue weighted by Crippen LogP contribution is -3.16. The van der Waals surface area contributed by atoms with E-state index in [2.05, 4.69) is 35.3 Å². The first-order chi connectivity index (χ1) is 11.4. The Morgan fingerprint density at radius 2 is 2.00 bits per heavy atom. The van der Waals surface area contributed by atoms with Gasteiger partial charge in [0.25, 0.3) is 5.91 Å². The molecule has 2 heterocycles. The number of nitrogens with one attached hydrogen (secondary N) is 2. The Hall–Kier alpha value is -1.60. The van der Waals surface area contributed by atoms with Gasteiger partial charge in [0.2, 0.25) is 0 Å². The molecule has 0 bridgehead atoms. The third kappa shape index (κ3) is 4.27. The predicted molar refractivity (Wildman–Crippen MR) is 94.2 cm³/mol. The molecule has 132 valence electrons. The van der Waals surface area contributed by atoms with Gasteiger partial charge in [0, 0.05) is 11.7 Å². The lowest BCUT2D eigenvalue weighted by atomic mass is 10.1. The summed E-state index contributed by atoms with van der Waals surface area (Å²) in [6.45, 7) is 6.27. The second kappa shape index (κ2) is 7.11. The van der Waals surface area contributed by atoms with Crippen molar-refractivity contribution in [2.45, 2.75) is 19.4 Å². The van der Waals surface area contributed by atoms with Gasteiger partial charge in [-0.05, 0) is 25.0 Å². The van der Waals surface area contributed by atoms with Crippen LogP contribution in [0.15, 0.2) is 24.3 Å². The lowest BCUT2D eigenvalue weighted by molar-refractivity contribution is -0.892. The second-order valence-electron chi connectivity index (χ2n) is 6.87. The Balaban J connectivity index is 1.45. The van der Waals surface area contributed by atoms with E-state index in [9.17, 15) is 13.2 Å². The van der Waals surface area contributed by atoms with Crippen molar-refractivity contribution in [3.05, 3.63) is 29.8 Å². The number of piperazine rings is 1. The van der Waals surface area contributed by atoms with Crippen molar-refractivity contribution in [1.82, 2.24) is 5.32 Å². The molecule has 0 aromatic heterocycles. The number of nitrogens with zero attached hydrogens (tertiary/aromatic N) is 1. The van der Waals surface area contributed by atoms with Crippen molar-refractivity contribution in [2.24, 2.45) is 0 Å². The molecule has 6 nitrogen and oxygen atoms in total. The first kappa shape index (κ1) is 17.2. The average Bonchev–Trinajstić information content (AvgIpc) is 2.87. The topological polar surface area (TPSA) is 70.9 Å². The molecule has 3 rings (SSSR count). The van der Waals surface area contributed by atoms with E-state index in [-0.39, 0.29) is 23.5 Å². The van der Waals surface area contributed by atoms with Crippen LogP contribution in [-0.4, -0.2) is 64.6 Å². The van der Waals surface area contributed by atoms with Gasteiger partial charge in [-0.3, -0.25) is 4.79 Å². The molecule has 2 N–H and O–H groups in total. The summed E-state index contributed by atoms with van der Waals surface area (Å²) in [5.41, 5.74) is 2.55. The van der Waals surface area contributed by atoms with Gasteiger partial charge in [-0.2, -0.15) is 0 Å². The minimum atomic E-state index is -2.94. The van der Waals surface area contributed by atoms with E-state index in [1.807, 2.05) is 6.07 Å². The molecule has 1 aromatic carbocycles. The summed E-state index contributed by atoms with van der Waals surface area (Å²) in [4.78, 5) is 15.8. The predicted octanol–water partition coefficient (Wildman–Crippen LogP) is -0.997. The number of carbonyl (C=O) groups excluding carboxylic acids is 1. The zero-order valence-electron chi connectivity index (χ0n) is 14.1. The smallest absolute Gasteiger partial charge is 0.275 e. The highest BCUT2D eigenvalue weighted by atomic mass is 32.2. The van der Waals surface area contributed by atoms with Crippen LogP contribution in [0.3, 0.4) is 0 Å². The molecule has 0 radical (unpaired) electrons. The minimum Gasteiger partial charge on any atom is -0.360 e. The first-order valence-electron chi connectivity index (χ1n) is 8.57. The normalized spacial score (nSPS) is 24.0. The summed E-state index contributed by atoms with van der Waals surface area (Å²) < 4.78 is 22.9. The third-order valence-corrected chi connectivity index (χ3v) is 6.70. The van der Waals surface area contributed by atoms with Gasteiger partial charge in [0.1, 0.15) is 0 Å². The van der Waals surface area contributed by atoms with Crippen LogP contribution in [-0.2, 0) is 14.6 Å². The molecule has 0 spiro atoms. The highest BCUT2D eigenvalue weighted by Gasteiger charge is 2.30. The summed E-state index contributed by atoms with van der Waals surface area (Å²) in [5.74, 6) is 0.256. The Labute approximate surface area is 143 Å². The fourth-order valence-corrected chi connectivity index (χ4v) is 5.25. The van der Waals surface area contributed by atoms with Crippen LogP contribution >= 0.6 is 0 Å². The fraction of sp³-hybridized carbons (Fsp3) is 0.588. The van der Waals surface area contributed by atoms with Crippen molar-refractivity contribution in [3.8, 4) is 0 Å². The van der Waals surface area contributed by atoms with E-state index >= 15 is 0 Å². The number of hydrogen-bond donors (Lipinski definition) is 2. The summed E-state index contributed by atoms with van der Waals surface area (Å²) in [6, 6.07) is 8.18. The summed E-state index contributed by atoms with van der Waals surface area (Å²) >= 11 is 0. The SMILES string of the molecule is Cc1ccccc1N1CC[NH+](CC(=O)N[C@@H]2CCS(=O)(=O)C2)CC1. The van der Waals surface area contributed by atoms with Crippen LogP contribution in [0.4, 0.5) is 5.69 Å². The Morgan fingerprint density at radius 3 is 2.62 bits per heavy atom. The van der Waals surface area contributed by atoms with Gasteiger partial charge in [0.05, 0.1) is 37.7 Å². The maximum Gasteiger partial charge on any atom is 0.275 e. The highest BCUT2D eigenvalue weighted by Crippen LogP contribution is 2.18. The third-order valence-electron chi connectivity index (χ3n) is 4.93. The van der Waals surface area contributed by atoms with Crippen LogP contribution in [0.25, 0.3) is 0 Å². The Morgan fingerprint density at radius 1 is 1.29 bits per heavy atom. The molecule has 2 saturated heterocycles. The van der Waals surface area contributed by atoms with Crippen LogP contribution < -0.4 is 15.1 Å². The Kier molecular flexibility index (Phi) is 5.10. The number of amides is 1. The van der Waals surface area contributed by atoms with Gasteiger partial charge < -0.3 is 15.1 Å². The molecule has 1 amide bonds. The number of para-hydroxylation sites is 1. The molecule has 0 unspecified atom stereocenters. The van der Waals surface area contributed by atoms with E-state index in [0.29, 0.717) is 13.0 Å². The molecule has 0 aliphatic carbocycles. The number of anilines is 1. The Bertz CT molecular complexity index is 697. The van der Waals surface area contributed by atoms with Gasteiger partial charge in [-0.15, -0.1) is 0 Å². The molecule has 2 fully saturated rings. The first-order valence-corrected chi connectivity index (χ1v) is 10.4. The number of carbonyl (C=O) groups is 1. The maximum atomic E-state index is 12.1. The fourth-order valence-electron chi connectivity index (χ4n) is 3.57. The van der Waals surface area contributed by atoms with E-state index in [4.69, 9.17) is 0 Å². The van der Waals surface area contributed by atoms with Gasteiger partial charge >= 0.3 is 0 Å². The standard InChI is InChI=1S/C17H25N3O3S/c1-14-4-2-3-5-16(14)20-9-7-19(8-10-20)12-17(21)18-15-6-11-24(22,23)13-15/h2-5,15H,6-13H2,1H3,(H,18,21)/p+1/t15-/m1/s1. The molecule has 24 heavy (non-hydrogen) atoms. The van der Waals surface area contributed by atoms with Crippen LogP contribution in [0.1, 0.15) is 12.0 Å². The highest BCUT2D eigenvalue weighted by molar-refractivity contribution is 7.91. The summed E-state index contributed by atoms with van der Waals surface area (Å²) in [7, 11) is -2.94. The zero-order valence-corrected chi connectivity index (χ0v) is 14.9. The summed E-state index contributed by atoms with van der Waals surface area (Å²) in [6.07, 6.45) is 0.546. The van der Waals surface area contributed by atoms with Crippen LogP contribution in [0.2, 0.25) is 0 Å². The van der Waals surface area contributed by atoms with E-state index in [0.717, 1.165) is 26.2 Å². The number of rotatable bonds is 4. The number of hydrogen-bond acceptors (Lipinski definition) is 4. The largest absolute Gasteiger partial charge is 0.360 e. The zero-order chi connectivity index (χ0) is 17.2. The van der Waals surface area contributed by atoms with Crippen molar-refractivity contribution in [2.75, 3.05) is 49.1 Å². The lowest BCUT2D eigenvalue weighted by Gasteiger charge is -2.34. The number of aryl methyl sites for hydroxylation is 1.